The Morgan fingerprint density at radius 3 is 2.20 bits per heavy atom. The summed E-state index contributed by atoms with van der Waals surface area (Å²) in [7, 11) is 0. The first-order chi connectivity index (χ1) is 7.36. The normalized spacial score (nSPS) is 16.7. The van der Waals surface area contributed by atoms with Crippen LogP contribution in [0, 0.1) is 0 Å². The molecule has 1 aromatic rings. The van der Waals surface area contributed by atoms with E-state index >= 15 is 0 Å². The summed E-state index contributed by atoms with van der Waals surface area (Å²) in [5.41, 5.74) is 1.01. The maximum absolute atomic E-state index is 8.93. The summed E-state index contributed by atoms with van der Waals surface area (Å²) < 4.78 is 0. The smallest absolute Gasteiger partial charge is 0.198 e. The number of oxime groups is 2. The zero-order valence-electron chi connectivity index (χ0n) is 8.04. The van der Waals surface area contributed by atoms with Crippen LogP contribution in [-0.4, -0.2) is 40.0 Å². The van der Waals surface area contributed by atoms with Gasteiger partial charge in [0.25, 0.3) is 0 Å². The van der Waals surface area contributed by atoms with Gasteiger partial charge in [0.1, 0.15) is 0 Å². The molecule has 1 fully saturated rings. The summed E-state index contributed by atoms with van der Waals surface area (Å²) in [5, 5.41) is 24.1. The van der Waals surface area contributed by atoms with Crippen molar-refractivity contribution in [3.05, 3.63) is 35.9 Å². The molecule has 0 saturated carbocycles. The third kappa shape index (κ3) is 1.90. The molecule has 1 aromatic carbocycles. The molecule has 0 radical (unpaired) electrons. The largest absolute Gasteiger partial charge is 0.410 e. The van der Waals surface area contributed by atoms with Gasteiger partial charge in [0.05, 0.1) is 0 Å². The van der Waals surface area contributed by atoms with Gasteiger partial charge in [-0.05, 0) is 0 Å². The summed E-state index contributed by atoms with van der Waals surface area (Å²) in [5.74, 6) is 0.309. The van der Waals surface area contributed by atoms with Crippen molar-refractivity contribution in [3.8, 4) is 0 Å². The van der Waals surface area contributed by atoms with Gasteiger partial charge in [0.15, 0.2) is 11.5 Å². The van der Waals surface area contributed by atoms with E-state index in [2.05, 4.69) is 10.3 Å². The van der Waals surface area contributed by atoms with E-state index in [4.69, 9.17) is 10.4 Å². The Morgan fingerprint density at radius 2 is 1.73 bits per heavy atom. The lowest BCUT2D eigenvalue weighted by molar-refractivity contribution is 0.310. The monoisotopic (exact) mass is 205 g/mol. The molecule has 0 atom stereocenters. The first-order valence-corrected chi connectivity index (χ1v) is 4.61. The molecule has 1 saturated heterocycles. The third-order valence-corrected chi connectivity index (χ3v) is 2.20. The fraction of sp³-hybridized carbons (Fsp3) is 0.200. The second-order valence-electron chi connectivity index (χ2n) is 3.23. The average molecular weight is 205 g/mol. The van der Waals surface area contributed by atoms with E-state index in [1.165, 1.54) is 0 Å². The van der Waals surface area contributed by atoms with Gasteiger partial charge in [-0.15, -0.1) is 0 Å². The Bertz CT molecular complexity index is 396. The van der Waals surface area contributed by atoms with Crippen molar-refractivity contribution in [2.45, 2.75) is 0 Å². The van der Waals surface area contributed by atoms with Crippen molar-refractivity contribution in [2.24, 2.45) is 10.3 Å². The van der Waals surface area contributed by atoms with Crippen molar-refractivity contribution in [1.82, 2.24) is 4.90 Å². The number of hydrogen-bond donors (Lipinski definition) is 2. The van der Waals surface area contributed by atoms with Gasteiger partial charge >= 0.3 is 0 Å². The molecule has 2 N–H and O–H groups in total. The minimum absolute atomic E-state index is 0.288. The van der Waals surface area contributed by atoms with Crippen LogP contribution in [0.1, 0.15) is 5.56 Å². The van der Waals surface area contributed by atoms with Crippen LogP contribution in [0.2, 0.25) is 0 Å². The molecule has 0 aromatic heterocycles. The van der Waals surface area contributed by atoms with Crippen LogP contribution in [-0.2, 0) is 0 Å². The highest BCUT2D eigenvalue weighted by Crippen LogP contribution is 2.11. The molecular weight excluding hydrogens is 194 g/mol. The van der Waals surface area contributed by atoms with Gasteiger partial charge in [-0.2, -0.15) is 0 Å². The first kappa shape index (κ1) is 9.51. The first-order valence-electron chi connectivity index (χ1n) is 4.61. The van der Waals surface area contributed by atoms with Gasteiger partial charge in [-0.25, -0.2) is 0 Å². The minimum atomic E-state index is 0.288. The van der Waals surface area contributed by atoms with E-state index < -0.39 is 0 Å². The zero-order valence-corrected chi connectivity index (χ0v) is 8.04. The van der Waals surface area contributed by atoms with Crippen molar-refractivity contribution >= 4 is 11.5 Å². The Balaban J connectivity index is 2.32. The Morgan fingerprint density at radius 1 is 1.07 bits per heavy atom. The van der Waals surface area contributed by atoms with E-state index in [9.17, 15) is 0 Å². The summed E-state index contributed by atoms with van der Waals surface area (Å²) in [4.78, 5) is 1.81. The van der Waals surface area contributed by atoms with Crippen LogP contribution >= 0.6 is 0 Å². The summed E-state index contributed by atoms with van der Waals surface area (Å²) in [6, 6.07) is 9.12. The molecular formula is C10H11N3O2. The van der Waals surface area contributed by atoms with E-state index in [1.54, 1.807) is 12.1 Å². The molecule has 1 aliphatic heterocycles. The van der Waals surface area contributed by atoms with Crippen molar-refractivity contribution in [1.29, 1.82) is 0 Å². The van der Waals surface area contributed by atoms with Gasteiger partial charge in [-0.3, -0.25) is 0 Å². The summed E-state index contributed by atoms with van der Waals surface area (Å²) in [6.45, 7) is 1.65. The highest BCUT2D eigenvalue weighted by Gasteiger charge is 2.28. The number of hydrogen-bond acceptors (Lipinski definition) is 4. The number of rotatable bonds is 2. The molecule has 5 heteroatoms. The number of nitrogens with zero attached hydrogens (tertiary/aromatic N) is 3. The summed E-state index contributed by atoms with van der Waals surface area (Å²) >= 11 is 0. The van der Waals surface area contributed by atoms with Gasteiger partial charge in [0, 0.05) is 18.7 Å². The third-order valence-electron chi connectivity index (χ3n) is 2.20. The maximum Gasteiger partial charge on any atom is 0.198 e. The molecule has 78 valence electrons. The predicted molar refractivity (Wildman–Crippen MR) is 55.6 cm³/mol. The highest BCUT2D eigenvalue weighted by atomic mass is 16.4. The van der Waals surface area contributed by atoms with Crippen molar-refractivity contribution < 1.29 is 10.4 Å². The van der Waals surface area contributed by atoms with Crippen LogP contribution < -0.4 is 0 Å². The minimum Gasteiger partial charge on any atom is -0.410 e. The SMILES string of the molecule is O/N=C(/C(=N/O)c1ccccc1)N1CC1. The van der Waals surface area contributed by atoms with Crippen molar-refractivity contribution in [2.75, 3.05) is 13.1 Å². The lowest BCUT2D eigenvalue weighted by Crippen LogP contribution is -2.23. The van der Waals surface area contributed by atoms with E-state index in [1.807, 2.05) is 23.1 Å². The van der Waals surface area contributed by atoms with Gasteiger partial charge in [0.2, 0.25) is 0 Å². The standard InChI is InChI=1S/C10H11N3O2/c14-11-9(8-4-2-1-3-5-8)10(12-15)13-6-7-13/h1-5,14-15H,6-7H2/b11-9+,12-10-. The second-order valence-corrected chi connectivity index (χ2v) is 3.23. The Labute approximate surface area is 86.9 Å². The predicted octanol–water partition coefficient (Wildman–Crippen LogP) is 0.968. The fourth-order valence-corrected chi connectivity index (χ4v) is 1.35. The van der Waals surface area contributed by atoms with Gasteiger partial charge < -0.3 is 15.3 Å². The zero-order chi connectivity index (χ0) is 10.7. The molecule has 0 aliphatic carbocycles. The van der Waals surface area contributed by atoms with Crippen LogP contribution in [0.5, 0.6) is 0 Å². The average Bonchev–Trinajstić information content (AvgIpc) is 3.11. The number of benzene rings is 1. The maximum atomic E-state index is 8.93. The molecule has 1 heterocycles. The molecule has 15 heavy (non-hydrogen) atoms. The van der Waals surface area contributed by atoms with Crippen LogP contribution in [0.4, 0.5) is 0 Å². The van der Waals surface area contributed by atoms with E-state index in [0.717, 1.165) is 18.7 Å². The molecule has 5 nitrogen and oxygen atoms in total. The van der Waals surface area contributed by atoms with Crippen LogP contribution in [0.3, 0.4) is 0 Å². The van der Waals surface area contributed by atoms with Gasteiger partial charge in [-0.1, -0.05) is 40.6 Å². The Kier molecular flexibility index (Phi) is 2.53. The lowest BCUT2D eigenvalue weighted by atomic mass is 10.1. The van der Waals surface area contributed by atoms with Crippen LogP contribution in [0.25, 0.3) is 0 Å². The lowest BCUT2D eigenvalue weighted by Gasteiger charge is -2.07. The second kappa shape index (κ2) is 4.00. The van der Waals surface area contributed by atoms with Crippen LogP contribution in [0.15, 0.2) is 40.6 Å². The quantitative estimate of drug-likeness (QED) is 0.248. The fourth-order valence-electron chi connectivity index (χ4n) is 1.35. The molecule has 0 amide bonds. The number of amidine groups is 1. The molecule has 0 spiro atoms. The molecule has 0 unspecified atom stereocenters. The topological polar surface area (TPSA) is 68.2 Å². The Hall–Kier alpha value is -2.04. The van der Waals surface area contributed by atoms with E-state index in [-0.39, 0.29) is 5.71 Å². The molecule has 0 bridgehead atoms. The molecule has 1 aliphatic rings. The molecule has 2 rings (SSSR count). The highest BCUT2D eigenvalue weighted by molar-refractivity contribution is 6.47. The van der Waals surface area contributed by atoms with Crippen molar-refractivity contribution in [3.63, 3.8) is 0 Å². The van der Waals surface area contributed by atoms with E-state index in [0.29, 0.717) is 5.84 Å². The summed E-state index contributed by atoms with van der Waals surface area (Å²) in [6.07, 6.45) is 0.